The number of anilines is 1. The number of halogens is 2. The maximum Gasteiger partial charge on any atom is 0.241 e. The first-order valence-corrected chi connectivity index (χ1v) is 11.0. The van der Waals surface area contributed by atoms with E-state index in [-0.39, 0.29) is 24.3 Å². The van der Waals surface area contributed by atoms with E-state index < -0.39 is 6.10 Å². The summed E-state index contributed by atoms with van der Waals surface area (Å²) in [7, 11) is 0. The number of rotatable bonds is 8. The lowest BCUT2D eigenvalue weighted by molar-refractivity contribution is -0.123. The number of ether oxygens (including phenoxy) is 1. The standard InChI is InChI=1S/C23H26Cl2N2O4/c1-15(28)16-5-8-19(9-6-16)31-14-18(29)13-27-11-3-2-4-22(27)23(30)26-17-7-10-20(24)21(25)12-17/h5-10,12,18,22,29H,2-4,11,13-14H2,1H3,(H,26,30). The number of nitrogens with one attached hydrogen (secondary N) is 1. The van der Waals surface area contributed by atoms with Gasteiger partial charge in [-0.15, -0.1) is 0 Å². The van der Waals surface area contributed by atoms with Gasteiger partial charge < -0.3 is 15.2 Å². The van der Waals surface area contributed by atoms with Crippen LogP contribution < -0.4 is 10.1 Å². The molecule has 0 aliphatic carbocycles. The van der Waals surface area contributed by atoms with Gasteiger partial charge in [0.05, 0.1) is 16.1 Å². The van der Waals surface area contributed by atoms with Crippen LogP contribution in [0.15, 0.2) is 42.5 Å². The van der Waals surface area contributed by atoms with Crippen LogP contribution in [0.4, 0.5) is 5.69 Å². The molecule has 2 aromatic rings. The van der Waals surface area contributed by atoms with Crippen LogP contribution in [0.2, 0.25) is 10.0 Å². The van der Waals surface area contributed by atoms with Crippen LogP contribution in [0.3, 0.4) is 0 Å². The zero-order valence-electron chi connectivity index (χ0n) is 17.3. The minimum Gasteiger partial charge on any atom is -0.491 e. The van der Waals surface area contributed by atoms with Gasteiger partial charge in [-0.3, -0.25) is 14.5 Å². The van der Waals surface area contributed by atoms with Gasteiger partial charge in [0, 0.05) is 17.8 Å². The second-order valence-electron chi connectivity index (χ2n) is 7.67. The molecule has 0 radical (unpaired) electrons. The Morgan fingerprint density at radius 2 is 1.90 bits per heavy atom. The van der Waals surface area contributed by atoms with Crippen molar-refractivity contribution in [3.8, 4) is 5.75 Å². The van der Waals surface area contributed by atoms with E-state index in [2.05, 4.69) is 5.32 Å². The highest BCUT2D eigenvalue weighted by Gasteiger charge is 2.30. The Morgan fingerprint density at radius 1 is 1.16 bits per heavy atom. The first-order chi connectivity index (χ1) is 14.8. The average molecular weight is 465 g/mol. The van der Waals surface area contributed by atoms with Gasteiger partial charge >= 0.3 is 0 Å². The summed E-state index contributed by atoms with van der Waals surface area (Å²) in [5.41, 5.74) is 1.19. The third-order valence-corrected chi connectivity index (χ3v) is 5.99. The van der Waals surface area contributed by atoms with Crippen molar-refractivity contribution in [3.05, 3.63) is 58.1 Å². The fourth-order valence-corrected chi connectivity index (χ4v) is 3.91. The number of carbonyl (C=O) groups is 2. The number of hydrogen-bond acceptors (Lipinski definition) is 5. The summed E-state index contributed by atoms with van der Waals surface area (Å²) in [5, 5.41) is 14.2. The van der Waals surface area contributed by atoms with Crippen LogP contribution in [0, 0.1) is 0 Å². The van der Waals surface area contributed by atoms with E-state index >= 15 is 0 Å². The molecule has 6 nitrogen and oxygen atoms in total. The number of benzene rings is 2. The minimum atomic E-state index is -0.758. The van der Waals surface area contributed by atoms with Crippen LogP contribution in [0.1, 0.15) is 36.5 Å². The molecule has 166 valence electrons. The molecule has 2 N–H and O–H groups in total. The fraction of sp³-hybridized carbons (Fsp3) is 0.391. The number of ketones is 1. The first-order valence-electron chi connectivity index (χ1n) is 10.3. The predicted octanol–water partition coefficient (Wildman–Crippen LogP) is 4.43. The van der Waals surface area contributed by atoms with Gasteiger partial charge in [-0.05, 0) is 68.8 Å². The molecule has 1 aliphatic rings. The molecule has 2 atom stereocenters. The second kappa shape index (κ2) is 11.0. The van der Waals surface area contributed by atoms with E-state index in [0.717, 1.165) is 19.4 Å². The molecule has 1 fully saturated rings. The van der Waals surface area contributed by atoms with Crippen LogP contribution in [0.5, 0.6) is 5.75 Å². The zero-order valence-corrected chi connectivity index (χ0v) is 18.8. The molecule has 0 bridgehead atoms. The summed E-state index contributed by atoms with van der Waals surface area (Å²) in [5.74, 6) is 0.435. The van der Waals surface area contributed by atoms with Gasteiger partial charge in [-0.2, -0.15) is 0 Å². The van der Waals surface area contributed by atoms with Gasteiger partial charge in [-0.25, -0.2) is 0 Å². The van der Waals surface area contributed by atoms with Crippen molar-refractivity contribution in [2.45, 2.75) is 38.3 Å². The number of aliphatic hydroxyl groups is 1. The number of carbonyl (C=O) groups excluding carboxylic acids is 2. The lowest BCUT2D eigenvalue weighted by Gasteiger charge is -2.35. The maximum atomic E-state index is 12.9. The van der Waals surface area contributed by atoms with E-state index in [1.807, 2.05) is 4.90 Å². The Bertz CT molecular complexity index is 920. The summed E-state index contributed by atoms with van der Waals surface area (Å²) in [4.78, 5) is 26.2. The molecule has 1 heterocycles. The number of piperidine rings is 1. The highest BCUT2D eigenvalue weighted by Crippen LogP contribution is 2.26. The Morgan fingerprint density at radius 3 is 2.58 bits per heavy atom. The third-order valence-electron chi connectivity index (χ3n) is 5.25. The smallest absolute Gasteiger partial charge is 0.241 e. The number of β-amino-alcohol motifs (C(OH)–C–C–N with tert-alkyl or cyclic N) is 1. The van der Waals surface area contributed by atoms with Crippen molar-refractivity contribution in [1.29, 1.82) is 0 Å². The van der Waals surface area contributed by atoms with Gasteiger partial charge in [0.15, 0.2) is 5.78 Å². The lowest BCUT2D eigenvalue weighted by Crippen LogP contribution is -2.50. The van der Waals surface area contributed by atoms with Crippen molar-refractivity contribution in [1.82, 2.24) is 4.90 Å². The van der Waals surface area contributed by atoms with Crippen molar-refractivity contribution in [2.75, 3.05) is 25.0 Å². The van der Waals surface area contributed by atoms with E-state index in [1.165, 1.54) is 6.92 Å². The normalized spacial score (nSPS) is 17.7. The molecular weight excluding hydrogens is 439 g/mol. The fourth-order valence-electron chi connectivity index (χ4n) is 3.61. The molecule has 0 saturated carbocycles. The average Bonchev–Trinajstić information content (AvgIpc) is 2.75. The van der Waals surface area contributed by atoms with Crippen LogP contribution in [-0.2, 0) is 4.79 Å². The number of aliphatic hydroxyl groups excluding tert-OH is 1. The SMILES string of the molecule is CC(=O)c1ccc(OCC(O)CN2CCCCC2C(=O)Nc2ccc(Cl)c(Cl)c2)cc1. The monoisotopic (exact) mass is 464 g/mol. The topological polar surface area (TPSA) is 78.9 Å². The lowest BCUT2D eigenvalue weighted by atomic mass is 10.0. The molecule has 3 rings (SSSR count). The molecule has 2 aromatic carbocycles. The largest absolute Gasteiger partial charge is 0.491 e. The van der Waals surface area contributed by atoms with Crippen LogP contribution in [0.25, 0.3) is 0 Å². The van der Waals surface area contributed by atoms with Crippen molar-refractivity contribution < 1.29 is 19.4 Å². The molecule has 31 heavy (non-hydrogen) atoms. The zero-order chi connectivity index (χ0) is 22.4. The van der Waals surface area contributed by atoms with Crippen LogP contribution in [-0.4, -0.2) is 53.5 Å². The predicted molar refractivity (Wildman–Crippen MR) is 122 cm³/mol. The molecular formula is C23H26Cl2N2O4. The van der Waals surface area contributed by atoms with Gasteiger partial charge in [0.2, 0.25) is 5.91 Å². The Balaban J connectivity index is 1.54. The van der Waals surface area contributed by atoms with Gasteiger partial charge in [-0.1, -0.05) is 29.6 Å². The van der Waals surface area contributed by atoms with Crippen molar-refractivity contribution >= 4 is 40.6 Å². The van der Waals surface area contributed by atoms with Crippen LogP contribution >= 0.6 is 23.2 Å². The maximum absolute atomic E-state index is 12.9. The molecule has 0 aromatic heterocycles. The van der Waals surface area contributed by atoms with Gasteiger partial charge in [0.25, 0.3) is 0 Å². The summed E-state index contributed by atoms with van der Waals surface area (Å²) in [6.07, 6.45) is 1.88. The quantitative estimate of drug-likeness (QED) is 0.564. The van der Waals surface area contributed by atoms with E-state index in [1.54, 1.807) is 42.5 Å². The number of amides is 1. The number of nitrogens with zero attached hydrogens (tertiary/aromatic N) is 1. The second-order valence-corrected chi connectivity index (χ2v) is 8.48. The molecule has 8 heteroatoms. The number of hydrogen-bond donors (Lipinski definition) is 2. The number of likely N-dealkylation sites (tertiary alicyclic amines) is 1. The molecule has 2 unspecified atom stereocenters. The van der Waals surface area contributed by atoms with Gasteiger partial charge in [0.1, 0.15) is 18.5 Å². The summed E-state index contributed by atoms with van der Waals surface area (Å²) in [6, 6.07) is 11.4. The van der Waals surface area contributed by atoms with E-state index in [0.29, 0.717) is 40.0 Å². The Hall–Kier alpha value is -2.12. The summed E-state index contributed by atoms with van der Waals surface area (Å²) in [6.45, 7) is 2.65. The summed E-state index contributed by atoms with van der Waals surface area (Å²) >= 11 is 12.0. The van der Waals surface area contributed by atoms with E-state index in [4.69, 9.17) is 27.9 Å². The van der Waals surface area contributed by atoms with E-state index in [9.17, 15) is 14.7 Å². The first kappa shape index (κ1) is 23.5. The Kier molecular flexibility index (Phi) is 8.32. The highest BCUT2D eigenvalue weighted by molar-refractivity contribution is 6.42. The number of Topliss-reactive ketones (excluding diaryl/α,β-unsaturated/α-hetero) is 1. The van der Waals surface area contributed by atoms with Crippen molar-refractivity contribution in [2.24, 2.45) is 0 Å². The third kappa shape index (κ3) is 6.68. The molecule has 1 amide bonds. The summed E-state index contributed by atoms with van der Waals surface area (Å²) < 4.78 is 5.64. The molecule has 1 saturated heterocycles. The highest BCUT2D eigenvalue weighted by atomic mass is 35.5. The molecule has 0 spiro atoms. The van der Waals surface area contributed by atoms with Crippen molar-refractivity contribution in [3.63, 3.8) is 0 Å². The Labute approximate surface area is 192 Å². The minimum absolute atomic E-state index is 0.0122. The molecule has 1 aliphatic heterocycles.